The van der Waals surface area contributed by atoms with Crippen LogP contribution in [0.1, 0.15) is 53.4 Å². The summed E-state index contributed by atoms with van der Waals surface area (Å²) in [5.74, 6) is 0.523. The number of hydrogen-bond acceptors (Lipinski definition) is 3. The number of aliphatic hydroxyl groups excluding tert-OH is 1. The zero-order valence-corrected chi connectivity index (χ0v) is 17.9. The van der Waals surface area contributed by atoms with E-state index in [9.17, 15) is 9.90 Å². The number of likely N-dealkylation sites (tertiary alicyclic amines) is 1. The fraction of sp³-hybridized carbons (Fsp3) is 0.333. The molecule has 0 bridgehead atoms. The Morgan fingerprint density at radius 1 is 1.03 bits per heavy atom. The summed E-state index contributed by atoms with van der Waals surface area (Å²) in [7, 11) is 0. The van der Waals surface area contributed by atoms with E-state index >= 15 is 0 Å². The molecule has 0 saturated carbocycles. The second-order valence-corrected chi connectivity index (χ2v) is 8.95. The molecule has 4 nitrogen and oxygen atoms in total. The van der Waals surface area contributed by atoms with Crippen LogP contribution in [0.15, 0.2) is 54.6 Å². The number of nitrogens with zero attached hydrogens (tertiary/aromatic N) is 2. The van der Waals surface area contributed by atoms with Crippen molar-refractivity contribution in [3.8, 4) is 0 Å². The Labute approximate surface area is 183 Å². The van der Waals surface area contributed by atoms with Crippen molar-refractivity contribution in [3.63, 3.8) is 0 Å². The molecular formula is C27H28N2O2. The summed E-state index contributed by atoms with van der Waals surface area (Å²) in [5.41, 5.74) is 6.09. The van der Waals surface area contributed by atoms with Crippen LogP contribution in [-0.4, -0.2) is 40.1 Å². The van der Waals surface area contributed by atoms with Crippen LogP contribution in [0, 0.1) is 5.92 Å². The Balaban J connectivity index is 1.68. The number of amides is 1. The van der Waals surface area contributed by atoms with Crippen molar-refractivity contribution < 1.29 is 9.90 Å². The molecule has 5 rings (SSSR count). The first kappa shape index (κ1) is 20.0. The monoisotopic (exact) mass is 412 g/mol. The first-order valence-corrected chi connectivity index (χ1v) is 11.2. The summed E-state index contributed by atoms with van der Waals surface area (Å²) < 4.78 is 0. The lowest BCUT2D eigenvalue weighted by Gasteiger charge is -2.32. The minimum absolute atomic E-state index is 0.0786. The number of benzene rings is 2. The molecule has 31 heavy (non-hydrogen) atoms. The fourth-order valence-electron chi connectivity index (χ4n) is 4.96. The maximum absolute atomic E-state index is 13.8. The molecule has 1 saturated heterocycles. The summed E-state index contributed by atoms with van der Waals surface area (Å²) >= 11 is 0. The van der Waals surface area contributed by atoms with Crippen LogP contribution >= 0.6 is 0 Å². The summed E-state index contributed by atoms with van der Waals surface area (Å²) in [6.07, 6.45) is 5.03. The van der Waals surface area contributed by atoms with Gasteiger partial charge in [0.15, 0.2) is 0 Å². The van der Waals surface area contributed by atoms with Crippen molar-refractivity contribution in [1.29, 1.82) is 0 Å². The van der Waals surface area contributed by atoms with Crippen LogP contribution in [0.3, 0.4) is 0 Å². The van der Waals surface area contributed by atoms with Crippen molar-refractivity contribution in [2.24, 2.45) is 5.92 Å². The molecule has 1 unspecified atom stereocenters. The SMILES string of the molecule is CC1CC(=Cc2ccccc2)c2nc3ccccc3c(C(=O)N3CCC(O)CC3)c2C1. The standard InChI is InChI=1S/C27H28N2O2/c1-18-15-20(17-19-7-3-2-4-8-19)26-23(16-18)25(22-9-5-6-10-24(22)28-26)27(31)29-13-11-21(30)12-14-29/h2-10,17-18,21,30H,11-16H2,1H3. The molecule has 2 aliphatic rings. The molecule has 1 atom stereocenters. The molecule has 1 aliphatic carbocycles. The molecule has 0 spiro atoms. The first-order chi connectivity index (χ1) is 15.1. The van der Waals surface area contributed by atoms with E-state index in [1.807, 2.05) is 47.4 Å². The van der Waals surface area contributed by atoms with E-state index in [4.69, 9.17) is 4.98 Å². The Morgan fingerprint density at radius 3 is 2.52 bits per heavy atom. The number of para-hydroxylation sites is 1. The summed E-state index contributed by atoms with van der Waals surface area (Å²) in [4.78, 5) is 20.7. The summed E-state index contributed by atoms with van der Waals surface area (Å²) in [6.45, 7) is 3.46. The molecule has 1 aliphatic heterocycles. The van der Waals surface area contributed by atoms with Gasteiger partial charge in [-0.2, -0.15) is 0 Å². The van der Waals surface area contributed by atoms with Crippen molar-refractivity contribution >= 4 is 28.5 Å². The zero-order valence-electron chi connectivity index (χ0n) is 17.9. The number of aromatic nitrogens is 1. The molecule has 1 fully saturated rings. The number of hydrogen-bond donors (Lipinski definition) is 1. The van der Waals surface area contributed by atoms with Gasteiger partial charge in [0.25, 0.3) is 5.91 Å². The molecule has 158 valence electrons. The Kier molecular flexibility index (Phi) is 5.33. The number of pyridine rings is 1. The van der Waals surface area contributed by atoms with E-state index in [-0.39, 0.29) is 12.0 Å². The molecule has 1 aromatic heterocycles. The van der Waals surface area contributed by atoms with Crippen LogP contribution < -0.4 is 0 Å². The Bertz CT molecular complexity index is 1140. The van der Waals surface area contributed by atoms with Crippen molar-refractivity contribution in [3.05, 3.63) is 77.0 Å². The molecule has 2 aromatic carbocycles. The molecule has 1 N–H and O–H groups in total. The lowest BCUT2D eigenvalue weighted by molar-refractivity contribution is 0.0547. The highest BCUT2D eigenvalue weighted by molar-refractivity contribution is 6.09. The van der Waals surface area contributed by atoms with Gasteiger partial charge >= 0.3 is 0 Å². The fourth-order valence-corrected chi connectivity index (χ4v) is 4.96. The van der Waals surface area contributed by atoms with Crippen LogP contribution in [0.4, 0.5) is 0 Å². The maximum Gasteiger partial charge on any atom is 0.254 e. The van der Waals surface area contributed by atoms with Crippen LogP contribution in [0.25, 0.3) is 22.6 Å². The molecule has 1 amide bonds. The molecule has 3 aromatic rings. The van der Waals surface area contributed by atoms with Crippen molar-refractivity contribution in [2.45, 2.75) is 38.7 Å². The quantitative estimate of drug-likeness (QED) is 0.648. The molecule has 2 heterocycles. The van der Waals surface area contributed by atoms with E-state index in [1.165, 1.54) is 5.57 Å². The lowest BCUT2D eigenvalue weighted by Crippen LogP contribution is -2.40. The number of carbonyl (C=O) groups excluding carboxylic acids is 1. The van der Waals surface area contributed by atoms with E-state index in [0.29, 0.717) is 31.8 Å². The third kappa shape index (κ3) is 3.88. The third-order valence-corrected chi connectivity index (χ3v) is 6.52. The molecule has 4 heteroatoms. The van der Waals surface area contributed by atoms with Crippen molar-refractivity contribution in [2.75, 3.05) is 13.1 Å². The van der Waals surface area contributed by atoms with E-state index in [1.54, 1.807) is 0 Å². The zero-order chi connectivity index (χ0) is 21.4. The van der Waals surface area contributed by atoms with Gasteiger partial charge in [0.2, 0.25) is 0 Å². The van der Waals surface area contributed by atoms with Gasteiger partial charge in [-0.05, 0) is 60.4 Å². The normalized spacial score (nSPS) is 20.8. The predicted molar refractivity (Wildman–Crippen MR) is 125 cm³/mol. The van der Waals surface area contributed by atoms with Gasteiger partial charge in [-0.3, -0.25) is 4.79 Å². The number of rotatable bonds is 2. The highest BCUT2D eigenvalue weighted by Crippen LogP contribution is 2.39. The minimum atomic E-state index is -0.299. The van der Waals surface area contributed by atoms with Gasteiger partial charge in [0.05, 0.1) is 22.9 Å². The van der Waals surface area contributed by atoms with Gasteiger partial charge in [-0.1, -0.05) is 55.5 Å². The minimum Gasteiger partial charge on any atom is -0.393 e. The number of carbonyl (C=O) groups is 1. The van der Waals surface area contributed by atoms with E-state index in [2.05, 4.69) is 25.1 Å². The summed E-state index contributed by atoms with van der Waals surface area (Å²) in [6, 6.07) is 18.3. The van der Waals surface area contributed by atoms with Gasteiger partial charge in [0.1, 0.15) is 0 Å². The predicted octanol–water partition coefficient (Wildman–Crippen LogP) is 4.95. The second-order valence-electron chi connectivity index (χ2n) is 8.95. The molecule has 0 radical (unpaired) electrons. The maximum atomic E-state index is 13.8. The average Bonchev–Trinajstić information content (AvgIpc) is 2.78. The van der Waals surface area contributed by atoms with Crippen molar-refractivity contribution in [1.82, 2.24) is 9.88 Å². The smallest absolute Gasteiger partial charge is 0.254 e. The van der Waals surface area contributed by atoms with Gasteiger partial charge in [-0.25, -0.2) is 4.98 Å². The Morgan fingerprint density at radius 2 is 1.74 bits per heavy atom. The first-order valence-electron chi connectivity index (χ1n) is 11.2. The largest absolute Gasteiger partial charge is 0.393 e. The average molecular weight is 413 g/mol. The number of aliphatic hydroxyl groups is 1. The molecular weight excluding hydrogens is 384 g/mol. The van der Waals surface area contributed by atoms with Gasteiger partial charge in [-0.15, -0.1) is 0 Å². The highest BCUT2D eigenvalue weighted by Gasteiger charge is 2.31. The summed E-state index contributed by atoms with van der Waals surface area (Å²) in [5, 5.41) is 10.8. The van der Waals surface area contributed by atoms with E-state index in [0.717, 1.165) is 46.1 Å². The second kappa shape index (κ2) is 8.27. The number of piperidine rings is 1. The number of allylic oxidation sites excluding steroid dienone is 1. The van der Waals surface area contributed by atoms with Crippen LogP contribution in [-0.2, 0) is 6.42 Å². The number of fused-ring (bicyclic) bond motifs is 2. The van der Waals surface area contributed by atoms with Gasteiger partial charge < -0.3 is 10.0 Å². The van der Waals surface area contributed by atoms with Gasteiger partial charge in [0, 0.05) is 18.5 Å². The van der Waals surface area contributed by atoms with Crippen LogP contribution in [0.2, 0.25) is 0 Å². The van der Waals surface area contributed by atoms with Crippen LogP contribution in [0.5, 0.6) is 0 Å². The third-order valence-electron chi connectivity index (χ3n) is 6.52. The lowest BCUT2D eigenvalue weighted by atomic mass is 9.80. The highest BCUT2D eigenvalue weighted by atomic mass is 16.3. The Hall–Kier alpha value is -2.98. The topological polar surface area (TPSA) is 53.4 Å². The van der Waals surface area contributed by atoms with E-state index < -0.39 is 0 Å².